The third-order valence-electron chi connectivity index (χ3n) is 13.5. The predicted octanol–water partition coefficient (Wildman–Crippen LogP) is 16.4. The van der Waals surface area contributed by atoms with E-state index in [0.717, 1.165) is 140 Å². The quantitative estimate of drug-likeness (QED) is 0.0483. The van der Waals surface area contributed by atoms with Gasteiger partial charge in [-0.05, 0) is 124 Å². The van der Waals surface area contributed by atoms with Gasteiger partial charge in [0.1, 0.15) is 0 Å². The molecule has 0 aromatic heterocycles. The number of halogens is 4. The number of hydrogen-bond donors (Lipinski definition) is 1. The molecule has 1 N–H and O–H groups in total. The standard InChI is InChI=1S/C50H79F4O4P/c1-3-5-15-21-39-23-27-41(28-24-39)43-31-33-45(49(53)47(43)51)57-35-17-11-7-9-13-19-37-59(55,56)38-20-14-10-8-12-18-36-58-46-34-32-44(48(52)50(46)54)42-29-25-40(26-30-42)22-16-6-4-2/h31-34,39-42H,3-30,35-38H2,1-2H3,(H,55,56). The minimum atomic E-state index is -3.13. The molecule has 0 spiro atoms. The summed E-state index contributed by atoms with van der Waals surface area (Å²) in [5.74, 6) is -1.59. The average molecular weight is 851 g/mol. The van der Waals surface area contributed by atoms with E-state index in [1.807, 2.05) is 0 Å². The molecule has 4 rings (SSSR count). The number of rotatable bonds is 30. The van der Waals surface area contributed by atoms with Gasteiger partial charge in [0.25, 0.3) is 0 Å². The number of unbranched alkanes of at least 4 members (excludes halogenated alkanes) is 14. The first-order valence-corrected chi connectivity index (χ1v) is 26.2. The molecule has 0 bridgehead atoms. The number of hydrogen-bond acceptors (Lipinski definition) is 3. The fourth-order valence-electron chi connectivity index (χ4n) is 9.65. The highest BCUT2D eigenvalue weighted by Crippen LogP contribution is 2.44. The third-order valence-corrected chi connectivity index (χ3v) is 15.5. The Balaban J connectivity index is 0.960. The summed E-state index contributed by atoms with van der Waals surface area (Å²) in [5.41, 5.74) is 1.00. The zero-order valence-electron chi connectivity index (χ0n) is 36.9. The van der Waals surface area contributed by atoms with E-state index in [-0.39, 0.29) is 23.3 Å². The molecule has 2 aromatic rings. The van der Waals surface area contributed by atoms with Crippen molar-refractivity contribution in [1.82, 2.24) is 0 Å². The van der Waals surface area contributed by atoms with E-state index in [0.29, 0.717) is 36.7 Å². The van der Waals surface area contributed by atoms with Crippen molar-refractivity contribution >= 4 is 7.37 Å². The molecule has 0 unspecified atom stereocenters. The smallest absolute Gasteiger partial charge is 0.200 e. The molecule has 2 saturated carbocycles. The third kappa shape index (κ3) is 17.7. The molecule has 336 valence electrons. The average Bonchev–Trinajstić information content (AvgIpc) is 3.23. The van der Waals surface area contributed by atoms with Crippen LogP contribution in [0.1, 0.15) is 217 Å². The highest BCUT2D eigenvalue weighted by molar-refractivity contribution is 7.57. The Bertz CT molecular complexity index is 1400. The Labute approximate surface area is 355 Å². The molecule has 2 aliphatic carbocycles. The Morgan fingerprint density at radius 2 is 0.847 bits per heavy atom. The summed E-state index contributed by atoms with van der Waals surface area (Å²) in [5, 5.41) is 0. The first-order chi connectivity index (χ1) is 28.6. The van der Waals surface area contributed by atoms with Crippen LogP contribution in [0.4, 0.5) is 17.6 Å². The van der Waals surface area contributed by atoms with Gasteiger partial charge in [0.15, 0.2) is 23.1 Å². The van der Waals surface area contributed by atoms with Crippen molar-refractivity contribution in [3.8, 4) is 11.5 Å². The molecule has 0 aliphatic heterocycles. The van der Waals surface area contributed by atoms with Crippen molar-refractivity contribution < 1.29 is 36.5 Å². The van der Waals surface area contributed by atoms with E-state index < -0.39 is 30.6 Å². The number of ether oxygens (including phenoxy) is 2. The molecular formula is C50H79F4O4P. The van der Waals surface area contributed by atoms with Crippen LogP contribution in [0.2, 0.25) is 0 Å². The summed E-state index contributed by atoms with van der Waals surface area (Å²) in [4.78, 5) is 10.4. The lowest BCUT2D eigenvalue weighted by Gasteiger charge is -2.29. The van der Waals surface area contributed by atoms with Gasteiger partial charge in [-0.15, -0.1) is 0 Å². The highest BCUT2D eigenvalue weighted by atomic mass is 31.2. The molecule has 4 nitrogen and oxygen atoms in total. The van der Waals surface area contributed by atoms with Crippen molar-refractivity contribution in [3.63, 3.8) is 0 Å². The van der Waals surface area contributed by atoms with Crippen molar-refractivity contribution in [2.75, 3.05) is 25.5 Å². The summed E-state index contributed by atoms with van der Waals surface area (Å²) in [6.07, 6.45) is 29.3. The van der Waals surface area contributed by atoms with E-state index in [4.69, 9.17) is 9.47 Å². The van der Waals surface area contributed by atoms with Crippen molar-refractivity contribution in [1.29, 1.82) is 0 Å². The Hall–Kier alpha value is -2.05. The van der Waals surface area contributed by atoms with E-state index in [1.165, 1.54) is 51.4 Å². The van der Waals surface area contributed by atoms with Crippen molar-refractivity contribution in [2.45, 2.75) is 205 Å². The molecule has 2 aliphatic rings. The first kappa shape index (κ1) is 49.6. The second kappa shape index (κ2) is 27.8. The van der Waals surface area contributed by atoms with Gasteiger partial charge in [-0.25, -0.2) is 8.78 Å². The Morgan fingerprint density at radius 1 is 0.492 bits per heavy atom. The van der Waals surface area contributed by atoms with Gasteiger partial charge < -0.3 is 14.4 Å². The molecule has 59 heavy (non-hydrogen) atoms. The summed E-state index contributed by atoms with van der Waals surface area (Å²) < 4.78 is 83.7. The maximum atomic E-state index is 15.0. The zero-order chi connectivity index (χ0) is 42.3. The molecule has 2 aromatic carbocycles. The minimum absolute atomic E-state index is 0.00334. The van der Waals surface area contributed by atoms with E-state index in [2.05, 4.69) is 13.8 Å². The monoisotopic (exact) mass is 851 g/mol. The van der Waals surface area contributed by atoms with Gasteiger partial charge in [-0.3, -0.25) is 4.57 Å². The summed E-state index contributed by atoms with van der Waals surface area (Å²) in [6, 6.07) is 6.65. The second-order valence-electron chi connectivity index (χ2n) is 18.2. The van der Waals surface area contributed by atoms with Gasteiger partial charge in [0.05, 0.1) is 13.2 Å². The summed E-state index contributed by atoms with van der Waals surface area (Å²) in [7, 11) is -3.13. The van der Waals surface area contributed by atoms with Crippen LogP contribution < -0.4 is 9.47 Å². The van der Waals surface area contributed by atoms with Crippen LogP contribution in [-0.4, -0.2) is 30.4 Å². The highest BCUT2D eigenvalue weighted by Gasteiger charge is 2.28. The molecule has 2 fully saturated rings. The lowest BCUT2D eigenvalue weighted by Crippen LogP contribution is -2.15. The maximum absolute atomic E-state index is 15.0. The Kier molecular flexibility index (Phi) is 23.4. The normalized spacial score (nSPS) is 20.7. The largest absolute Gasteiger partial charge is 0.490 e. The van der Waals surface area contributed by atoms with Crippen LogP contribution in [0.15, 0.2) is 24.3 Å². The van der Waals surface area contributed by atoms with E-state index in [9.17, 15) is 18.2 Å². The fourth-order valence-corrected chi connectivity index (χ4v) is 11.3. The van der Waals surface area contributed by atoms with Gasteiger partial charge in [-0.1, -0.05) is 129 Å². The molecule has 0 atom stereocenters. The molecule has 9 heteroatoms. The zero-order valence-corrected chi connectivity index (χ0v) is 37.8. The van der Waals surface area contributed by atoms with Crippen LogP contribution in [0.25, 0.3) is 0 Å². The summed E-state index contributed by atoms with van der Waals surface area (Å²) >= 11 is 0. The molecule has 0 saturated heterocycles. The van der Waals surface area contributed by atoms with Crippen molar-refractivity contribution in [2.24, 2.45) is 11.8 Å². The molecule has 0 radical (unpaired) electrons. The second-order valence-corrected chi connectivity index (χ2v) is 20.8. The molecule has 0 heterocycles. The van der Waals surface area contributed by atoms with Gasteiger partial charge in [-0.2, -0.15) is 8.78 Å². The number of benzene rings is 2. The fraction of sp³-hybridized carbons (Fsp3) is 0.760. The van der Waals surface area contributed by atoms with Gasteiger partial charge in [0, 0.05) is 12.3 Å². The van der Waals surface area contributed by atoms with E-state index in [1.54, 1.807) is 24.3 Å². The summed E-state index contributed by atoms with van der Waals surface area (Å²) in [6.45, 7) is 5.12. The first-order valence-electron chi connectivity index (χ1n) is 24.2. The lowest BCUT2D eigenvalue weighted by molar-refractivity contribution is 0.279. The molecule has 0 amide bonds. The lowest BCUT2D eigenvalue weighted by atomic mass is 9.77. The van der Waals surface area contributed by atoms with Crippen LogP contribution in [0.5, 0.6) is 11.5 Å². The Morgan fingerprint density at radius 3 is 1.22 bits per heavy atom. The van der Waals surface area contributed by atoms with Crippen LogP contribution in [0.3, 0.4) is 0 Å². The minimum Gasteiger partial charge on any atom is -0.490 e. The van der Waals surface area contributed by atoms with E-state index >= 15 is 8.78 Å². The van der Waals surface area contributed by atoms with Crippen molar-refractivity contribution in [3.05, 3.63) is 58.7 Å². The predicted molar refractivity (Wildman–Crippen MR) is 236 cm³/mol. The van der Waals surface area contributed by atoms with Gasteiger partial charge in [0.2, 0.25) is 19.0 Å². The van der Waals surface area contributed by atoms with Gasteiger partial charge >= 0.3 is 0 Å². The topological polar surface area (TPSA) is 55.8 Å². The maximum Gasteiger partial charge on any atom is 0.200 e. The SMILES string of the molecule is CCCCCC1CCC(c2ccc(OCCCCCCCCP(=O)(O)CCCCCCCCOc3ccc(C4CCC(CCCCC)CC4)c(F)c3F)c(F)c2F)CC1. The van der Waals surface area contributed by atoms with Crippen LogP contribution >= 0.6 is 7.37 Å². The molecular weight excluding hydrogens is 772 g/mol. The van der Waals surface area contributed by atoms with Crippen LogP contribution in [0, 0.1) is 35.1 Å². The van der Waals surface area contributed by atoms with Crippen LogP contribution in [-0.2, 0) is 4.57 Å².